The first-order chi connectivity index (χ1) is 10.6. The summed E-state index contributed by atoms with van der Waals surface area (Å²) in [6.45, 7) is 0.0539. The quantitative estimate of drug-likeness (QED) is 0.548. The van der Waals surface area contributed by atoms with Gasteiger partial charge in [0.15, 0.2) is 0 Å². The van der Waals surface area contributed by atoms with Gasteiger partial charge in [0, 0.05) is 20.7 Å². The minimum Gasteiger partial charge on any atom is -0.507 e. The maximum absolute atomic E-state index is 11.7. The molecule has 0 aromatic heterocycles. The van der Waals surface area contributed by atoms with Crippen LogP contribution in [0.4, 0.5) is 5.69 Å². The number of nitrogens with zero attached hydrogens (tertiary/aromatic N) is 1. The minimum atomic E-state index is -0.312. The lowest BCUT2D eigenvalue weighted by atomic mass is 10.2. The van der Waals surface area contributed by atoms with Crippen molar-refractivity contribution < 1.29 is 9.90 Å². The van der Waals surface area contributed by atoms with Crippen molar-refractivity contribution in [2.24, 2.45) is 5.10 Å². The van der Waals surface area contributed by atoms with E-state index in [9.17, 15) is 9.90 Å². The van der Waals surface area contributed by atoms with Gasteiger partial charge in [0.05, 0.1) is 12.8 Å². The lowest BCUT2D eigenvalue weighted by Crippen LogP contribution is -2.26. The van der Waals surface area contributed by atoms with Gasteiger partial charge in [-0.3, -0.25) is 4.79 Å². The fourth-order valence-electron chi connectivity index (χ4n) is 1.62. The number of phenolic OH excluding ortho intramolecular Hbond substituents is 1. The van der Waals surface area contributed by atoms with Crippen molar-refractivity contribution >= 4 is 45.3 Å². The Labute approximate surface area is 141 Å². The van der Waals surface area contributed by atoms with Gasteiger partial charge in [-0.05, 0) is 46.3 Å². The van der Waals surface area contributed by atoms with Gasteiger partial charge in [-0.15, -0.1) is 0 Å². The number of carbonyl (C=O) groups is 1. The van der Waals surface area contributed by atoms with E-state index in [2.05, 4.69) is 31.8 Å². The molecule has 0 aliphatic carbocycles. The van der Waals surface area contributed by atoms with Crippen LogP contribution in [0.5, 0.6) is 5.75 Å². The van der Waals surface area contributed by atoms with Gasteiger partial charge in [-0.25, -0.2) is 5.43 Å². The Morgan fingerprint density at radius 3 is 2.82 bits per heavy atom. The van der Waals surface area contributed by atoms with Crippen LogP contribution in [0.1, 0.15) is 5.56 Å². The Morgan fingerprint density at radius 1 is 1.32 bits per heavy atom. The number of nitrogens with one attached hydrogen (secondary N) is 2. The largest absolute Gasteiger partial charge is 0.507 e. The van der Waals surface area contributed by atoms with Gasteiger partial charge >= 0.3 is 0 Å². The average Bonchev–Trinajstić information content (AvgIpc) is 2.48. The van der Waals surface area contributed by atoms with Crippen LogP contribution in [0, 0.1) is 0 Å². The van der Waals surface area contributed by atoms with Gasteiger partial charge in [-0.1, -0.05) is 23.7 Å². The number of aromatic hydroxyl groups is 1. The highest BCUT2D eigenvalue weighted by atomic mass is 79.9. The van der Waals surface area contributed by atoms with Gasteiger partial charge in [0.25, 0.3) is 5.91 Å². The van der Waals surface area contributed by atoms with Crippen molar-refractivity contribution in [1.82, 2.24) is 5.43 Å². The summed E-state index contributed by atoms with van der Waals surface area (Å²) in [6, 6.07) is 11.9. The van der Waals surface area contributed by atoms with E-state index in [-0.39, 0.29) is 18.2 Å². The lowest BCUT2D eigenvalue weighted by Gasteiger charge is -2.07. The molecule has 114 valence electrons. The van der Waals surface area contributed by atoms with E-state index in [0.717, 1.165) is 10.2 Å². The zero-order valence-electron chi connectivity index (χ0n) is 11.4. The second kappa shape index (κ2) is 7.82. The summed E-state index contributed by atoms with van der Waals surface area (Å²) in [6.07, 6.45) is 1.38. The van der Waals surface area contributed by atoms with Crippen molar-refractivity contribution in [2.75, 3.05) is 11.9 Å². The molecule has 3 N–H and O–H groups in total. The van der Waals surface area contributed by atoms with E-state index in [1.807, 2.05) is 0 Å². The summed E-state index contributed by atoms with van der Waals surface area (Å²) in [5, 5.41) is 16.9. The molecule has 0 aliphatic rings. The zero-order valence-corrected chi connectivity index (χ0v) is 13.7. The van der Waals surface area contributed by atoms with Gasteiger partial charge in [-0.2, -0.15) is 5.10 Å². The second-order valence-electron chi connectivity index (χ2n) is 4.33. The molecule has 0 saturated heterocycles. The lowest BCUT2D eigenvalue weighted by molar-refractivity contribution is -0.119. The number of hydrogen-bond donors (Lipinski definition) is 3. The maximum Gasteiger partial charge on any atom is 0.259 e. The smallest absolute Gasteiger partial charge is 0.259 e. The summed E-state index contributed by atoms with van der Waals surface area (Å²) in [4.78, 5) is 11.7. The molecule has 0 spiro atoms. The summed E-state index contributed by atoms with van der Waals surface area (Å²) in [5.74, 6) is -0.211. The molecule has 2 aromatic carbocycles. The highest BCUT2D eigenvalue weighted by Gasteiger charge is 2.03. The first kappa shape index (κ1) is 16.3. The number of hydrazone groups is 1. The third-order valence-corrected chi connectivity index (χ3v) is 3.59. The fraction of sp³-hybridized carbons (Fsp3) is 0.0667. The van der Waals surface area contributed by atoms with Gasteiger partial charge in [0.2, 0.25) is 0 Å². The molecule has 0 atom stereocenters. The van der Waals surface area contributed by atoms with Crippen molar-refractivity contribution in [2.45, 2.75) is 0 Å². The fourth-order valence-corrected chi connectivity index (χ4v) is 2.44. The van der Waals surface area contributed by atoms with E-state index >= 15 is 0 Å². The normalized spacial score (nSPS) is 10.6. The molecule has 7 heteroatoms. The van der Waals surface area contributed by atoms with Crippen molar-refractivity contribution in [3.8, 4) is 5.75 Å². The van der Waals surface area contributed by atoms with Gasteiger partial charge < -0.3 is 10.4 Å². The standard InChI is InChI=1S/C15H13BrClN3O2/c16-12-7-11(17)5-6-13(12)18-9-15(22)20-19-8-10-3-1-2-4-14(10)21/h1-8,18,21H,9H2,(H,20,22)/b19-8-. The molecule has 0 fully saturated rings. The number of rotatable bonds is 5. The Balaban J connectivity index is 1.84. The maximum atomic E-state index is 11.7. The Bertz CT molecular complexity index is 707. The predicted octanol–water partition coefficient (Wildman–Crippen LogP) is 3.37. The first-order valence-corrected chi connectivity index (χ1v) is 7.52. The molecule has 0 saturated carbocycles. The van der Waals surface area contributed by atoms with Crippen LogP contribution in [0.25, 0.3) is 0 Å². The van der Waals surface area contributed by atoms with Crippen LogP contribution in [-0.4, -0.2) is 23.8 Å². The molecule has 22 heavy (non-hydrogen) atoms. The molecule has 2 aromatic rings. The monoisotopic (exact) mass is 381 g/mol. The highest BCUT2D eigenvalue weighted by molar-refractivity contribution is 9.10. The Hall–Kier alpha value is -2.05. The van der Waals surface area contributed by atoms with E-state index < -0.39 is 0 Å². The topological polar surface area (TPSA) is 73.7 Å². The van der Waals surface area contributed by atoms with E-state index in [0.29, 0.717) is 10.6 Å². The number of amides is 1. The summed E-state index contributed by atoms with van der Waals surface area (Å²) < 4.78 is 0.769. The molecule has 0 aliphatic heterocycles. The highest BCUT2D eigenvalue weighted by Crippen LogP contribution is 2.25. The predicted molar refractivity (Wildman–Crippen MR) is 91.5 cm³/mol. The first-order valence-electron chi connectivity index (χ1n) is 6.35. The molecule has 2 rings (SSSR count). The number of phenols is 1. The Kier molecular flexibility index (Phi) is 5.80. The van der Waals surface area contributed by atoms with Crippen LogP contribution in [0.3, 0.4) is 0 Å². The molecule has 0 radical (unpaired) electrons. The number of carbonyl (C=O) groups excluding carboxylic acids is 1. The molecular weight excluding hydrogens is 370 g/mol. The number of benzene rings is 2. The van der Waals surface area contributed by atoms with E-state index in [1.54, 1.807) is 42.5 Å². The molecule has 0 bridgehead atoms. The van der Waals surface area contributed by atoms with Crippen LogP contribution in [0.2, 0.25) is 5.02 Å². The summed E-state index contributed by atoms with van der Waals surface area (Å²) in [7, 11) is 0. The number of halogens is 2. The third kappa shape index (κ3) is 4.75. The molecule has 0 unspecified atom stereocenters. The number of hydrogen-bond acceptors (Lipinski definition) is 4. The van der Waals surface area contributed by atoms with Crippen LogP contribution < -0.4 is 10.7 Å². The van der Waals surface area contributed by atoms with E-state index in [4.69, 9.17) is 11.6 Å². The van der Waals surface area contributed by atoms with Crippen molar-refractivity contribution in [3.63, 3.8) is 0 Å². The van der Waals surface area contributed by atoms with Crippen molar-refractivity contribution in [1.29, 1.82) is 0 Å². The number of para-hydroxylation sites is 1. The summed E-state index contributed by atoms with van der Waals surface area (Å²) in [5.41, 5.74) is 3.65. The molecule has 1 amide bonds. The Morgan fingerprint density at radius 2 is 2.09 bits per heavy atom. The zero-order chi connectivity index (χ0) is 15.9. The van der Waals surface area contributed by atoms with Crippen LogP contribution in [-0.2, 0) is 4.79 Å². The van der Waals surface area contributed by atoms with Crippen LogP contribution >= 0.6 is 27.5 Å². The number of anilines is 1. The SMILES string of the molecule is O=C(CNc1ccc(Cl)cc1Br)N/N=C\c1ccccc1O. The van der Waals surface area contributed by atoms with Crippen molar-refractivity contribution in [3.05, 3.63) is 57.5 Å². The molecule has 5 nitrogen and oxygen atoms in total. The molecule has 0 heterocycles. The second-order valence-corrected chi connectivity index (χ2v) is 5.62. The van der Waals surface area contributed by atoms with Crippen LogP contribution in [0.15, 0.2) is 52.0 Å². The van der Waals surface area contributed by atoms with E-state index in [1.165, 1.54) is 6.21 Å². The average molecular weight is 383 g/mol. The third-order valence-electron chi connectivity index (χ3n) is 2.70. The van der Waals surface area contributed by atoms with Gasteiger partial charge in [0.1, 0.15) is 5.75 Å². The molecular formula is C15H13BrClN3O2. The summed E-state index contributed by atoms with van der Waals surface area (Å²) >= 11 is 9.19. The minimum absolute atomic E-state index is 0.0539.